The summed E-state index contributed by atoms with van der Waals surface area (Å²) >= 11 is 3.35. The molecule has 0 aromatic carbocycles. The Morgan fingerprint density at radius 1 is 1.19 bits per heavy atom. The molecule has 1 aliphatic carbocycles. The minimum absolute atomic E-state index is 0.169. The summed E-state index contributed by atoms with van der Waals surface area (Å²) in [5.74, 6) is 0.854. The van der Waals surface area contributed by atoms with E-state index < -0.39 is 0 Å². The Hall–Kier alpha value is -0.570. The zero-order valence-corrected chi connectivity index (χ0v) is 11.0. The first-order chi connectivity index (χ1) is 7.79. The molecule has 0 spiro atoms. The van der Waals surface area contributed by atoms with Crippen molar-refractivity contribution in [2.24, 2.45) is 5.92 Å². The lowest BCUT2D eigenvalue weighted by Crippen LogP contribution is -2.16. The molecule has 1 saturated carbocycles. The number of Topliss-reactive ketones (excluding diaryl/α,β-unsaturated/α-hetero) is 1. The van der Waals surface area contributed by atoms with Crippen molar-refractivity contribution in [1.29, 1.82) is 0 Å². The molecule has 0 atom stereocenters. The highest BCUT2D eigenvalue weighted by atomic mass is 79.9. The van der Waals surface area contributed by atoms with Gasteiger partial charge in [0, 0.05) is 5.92 Å². The van der Waals surface area contributed by atoms with Crippen molar-refractivity contribution in [3.05, 3.63) is 22.6 Å². The molecular formula is C13H17BrO2. The van der Waals surface area contributed by atoms with Crippen molar-refractivity contribution < 1.29 is 9.21 Å². The molecule has 0 N–H and O–H groups in total. The van der Waals surface area contributed by atoms with Crippen LogP contribution in [0.3, 0.4) is 0 Å². The van der Waals surface area contributed by atoms with Crippen LogP contribution in [-0.2, 0) is 0 Å². The molecule has 16 heavy (non-hydrogen) atoms. The van der Waals surface area contributed by atoms with Gasteiger partial charge in [-0.1, -0.05) is 32.1 Å². The van der Waals surface area contributed by atoms with Gasteiger partial charge in [-0.15, -0.1) is 0 Å². The molecule has 1 heterocycles. The van der Waals surface area contributed by atoms with E-state index in [1.54, 1.807) is 12.3 Å². The van der Waals surface area contributed by atoms with Crippen molar-refractivity contribution in [1.82, 2.24) is 0 Å². The summed E-state index contributed by atoms with van der Waals surface area (Å²) in [7, 11) is 0. The average Bonchev–Trinajstić information content (AvgIpc) is 2.63. The maximum absolute atomic E-state index is 12.2. The summed E-state index contributed by atoms with van der Waals surface area (Å²) in [6.07, 6.45) is 9.82. The number of hydrogen-bond donors (Lipinski definition) is 0. The summed E-state index contributed by atoms with van der Waals surface area (Å²) in [5.41, 5.74) is 0. The zero-order valence-electron chi connectivity index (χ0n) is 9.38. The van der Waals surface area contributed by atoms with E-state index in [4.69, 9.17) is 4.42 Å². The van der Waals surface area contributed by atoms with Gasteiger partial charge in [0.2, 0.25) is 5.78 Å². The number of carbonyl (C=O) groups excluding carboxylic acids is 1. The normalized spacial score (nSPS) is 19.1. The Morgan fingerprint density at radius 2 is 1.81 bits per heavy atom. The van der Waals surface area contributed by atoms with Crippen molar-refractivity contribution >= 4 is 21.7 Å². The first kappa shape index (κ1) is 11.9. The molecule has 0 unspecified atom stereocenters. The fourth-order valence-corrected chi connectivity index (χ4v) is 2.77. The quantitative estimate of drug-likeness (QED) is 0.744. The SMILES string of the molecule is O=C(c1occc1Br)C1CCCCCCC1. The van der Waals surface area contributed by atoms with Gasteiger partial charge in [0.25, 0.3) is 0 Å². The molecule has 1 aromatic rings. The van der Waals surface area contributed by atoms with Crippen LogP contribution < -0.4 is 0 Å². The van der Waals surface area contributed by atoms with Gasteiger partial charge < -0.3 is 4.42 Å². The Morgan fingerprint density at radius 3 is 2.38 bits per heavy atom. The molecule has 2 nitrogen and oxygen atoms in total. The number of furan rings is 1. The average molecular weight is 285 g/mol. The number of hydrogen-bond acceptors (Lipinski definition) is 2. The van der Waals surface area contributed by atoms with Crippen molar-refractivity contribution in [3.63, 3.8) is 0 Å². The molecule has 1 aromatic heterocycles. The molecule has 0 aliphatic heterocycles. The number of halogens is 1. The van der Waals surface area contributed by atoms with Crippen LogP contribution in [0.1, 0.15) is 55.5 Å². The van der Waals surface area contributed by atoms with Crippen LogP contribution in [0, 0.1) is 5.92 Å². The maximum Gasteiger partial charge on any atom is 0.202 e. The van der Waals surface area contributed by atoms with E-state index >= 15 is 0 Å². The summed E-state index contributed by atoms with van der Waals surface area (Å²) < 4.78 is 6.05. The van der Waals surface area contributed by atoms with E-state index in [-0.39, 0.29) is 11.7 Å². The van der Waals surface area contributed by atoms with Crippen molar-refractivity contribution in [3.8, 4) is 0 Å². The molecule has 0 radical (unpaired) electrons. The fraction of sp³-hybridized carbons (Fsp3) is 0.615. The van der Waals surface area contributed by atoms with E-state index in [9.17, 15) is 4.79 Å². The minimum Gasteiger partial charge on any atom is -0.460 e. The van der Waals surface area contributed by atoms with Gasteiger partial charge >= 0.3 is 0 Å². The van der Waals surface area contributed by atoms with Crippen LogP contribution in [0.2, 0.25) is 0 Å². The van der Waals surface area contributed by atoms with Gasteiger partial charge in [0.15, 0.2) is 5.76 Å². The van der Waals surface area contributed by atoms with Gasteiger partial charge in [0.05, 0.1) is 10.7 Å². The molecular weight excluding hydrogens is 268 g/mol. The van der Waals surface area contributed by atoms with Crippen LogP contribution in [0.4, 0.5) is 0 Å². The van der Waals surface area contributed by atoms with E-state index in [2.05, 4.69) is 15.9 Å². The van der Waals surface area contributed by atoms with Gasteiger partial charge in [-0.25, -0.2) is 0 Å². The standard InChI is InChI=1S/C13H17BrO2/c14-11-8-9-16-13(11)12(15)10-6-4-2-1-3-5-7-10/h8-10H,1-7H2. The summed E-state index contributed by atoms with van der Waals surface area (Å²) in [4.78, 5) is 12.2. The van der Waals surface area contributed by atoms with Gasteiger partial charge in [-0.2, -0.15) is 0 Å². The van der Waals surface area contributed by atoms with E-state index in [1.807, 2.05) is 0 Å². The second-order valence-electron chi connectivity index (χ2n) is 4.50. The topological polar surface area (TPSA) is 30.2 Å². The van der Waals surface area contributed by atoms with Gasteiger partial charge in [0.1, 0.15) is 0 Å². The molecule has 1 fully saturated rings. The highest BCUT2D eigenvalue weighted by Gasteiger charge is 2.24. The number of carbonyl (C=O) groups is 1. The minimum atomic E-state index is 0.169. The Bertz CT molecular complexity index is 349. The molecule has 0 saturated heterocycles. The van der Waals surface area contributed by atoms with E-state index in [0.717, 1.165) is 17.3 Å². The van der Waals surface area contributed by atoms with Crippen molar-refractivity contribution in [2.75, 3.05) is 0 Å². The molecule has 88 valence electrons. The van der Waals surface area contributed by atoms with Crippen LogP contribution in [0.5, 0.6) is 0 Å². The fourth-order valence-electron chi connectivity index (χ4n) is 2.37. The number of rotatable bonds is 2. The highest BCUT2D eigenvalue weighted by molar-refractivity contribution is 9.10. The third kappa shape index (κ3) is 2.76. The zero-order chi connectivity index (χ0) is 11.4. The molecule has 3 heteroatoms. The lowest BCUT2D eigenvalue weighted by atomic mass is 9.87. The highest BCUT2D eigenvalue weighted by Crippen LogP contribution is 2.28. The Kier molecular flexibility index (Phi) is 4.22. The van der Waals surface area contributed by atoms with Crippen LogP contribution in [-0.4, -0.2) is 5.78 Å². The van der Waals surface area contributed by atoms with Crippen LogP contribution >= 0.6 is 15.9 Å². The summed E-state index contributed by atoms with van der Waals surface area (Å²) in [6, 6.07) is 1.79. The number of ketones is 1. The monoisotopic (exact) mass is 284 g/mol. The van der Waals surface area contributed by atoms with Gasteiger partial charge in [-0.3, -0.25) is 4.79 Å². The predicted octanol–water partition coefficient (Wildman–Crippen LogP) is 4.59. The van der Waals surface area contributed by atoms with E-state index in [0.29, 0.717) is 5.76 Å². The summed E-state index contributed by atoms with van der Waals surface area (Å²) in [6.45, 7) is 0. The van der Waals surface area contributed by atoms with Crippen LogP contribution in [0.25, 0.3) is 0 Å². The van der Waals surface area contributed by atoms with Crippen LogP contribution in [0.15, 0.2) is 21.2 Å². The molecule has 0 amide bonds. The summed E-state index contributed by atoms with van der Waals surface area (Å²) in [5, 5.41) is 0. The second kappa shape index (κ2) is 5.67. The second-order valence-corrected chi connectivity index (χ2v) is 5.36. The Balaban J connectivity index is 2.05. The van der Waals surface area contributed by atoms with Crippen molar-refractivity contribution in [2.45, 2.75) is 44.9 Å². The Labute approximate surface area is 105 Å². The predicted molar refractivity (Wildman–Crippen MR) is 66.5 cm³/mol. The lowest BCUT2D eigenvalue weighted by molar-refractivity contribution is 0.0868. The third-order valence-corrected chi connectivity index (χ3v) is 3.94. The van der Waals surface area contributed by atoms with E-state index in [1.165, 1.54) is 32.1 Å². The molecule has 1 aliphatic rings. The first-order valence-electron chi connectivity index (χ1n) is 6.06. The lowest BCUT2D eigenvalue weighted by Gasteiger charge is -2.17. The maximum atomic E-state index is 12.2. The van der Waals surface area contributed by atoms with Gasteiger partial charge in [-0.05, 0) is 34.8 Å². The largest absolute Gasteiger partial charge is 0.460 e. The molecule has 2 rings (SSSR count). The first-order valence-corrected chi connectivity index (χ1v) is 6.85. The molecule has 0 bridgehead atoms. The third-order valence-electron chi connectivity index (χ3n) is 3.32. The smallest absolute Gasteiger partial charge is 0.202 e.